The van der Waals surface area contributed by atoms with Crippen molar-refractivity contribution in [2.45, 2.75) is 18.6 Å². The van der Waals surface area contributed by atoms with E-state index in [0.717, 1.165) is 5.39 Å². The maximum absolute atomic E-state index is 12.4. The van der Waals surface area contributed by atoms with E-state index < -0.39 is 18.6 Å². The summed E-state index contributed by atoms with van der Waals surface area (Å²) in [7, 11) is 0. The molecule has 0 fully saturated rings. The van der Waals surface area contributed by atoms with E-state index in [1.54, 1.807) is 30.3 Å². The van der Waals surface area contributed by atoms with E-state index in [4.69, 9.17) is 5.73 Å². The highest BCUT2D eigenvalue weighted by Crippen LogP contribution is 2.36. The minimum atomic E-state index is -4.36. The van der Waals surface area contributed by atoms with Crippen LogP contribution in [0.2, 0.25) is 0 Å². The van der Waals surface area contributed by atoms with E-state index in [-0.39, 0.29) is 23.7 Å². The molecule has 0 aliphatic heterocycles. The first-order valence-electron chi connectivity index (χ1n) is 5.41. The zero-order valence-corrected chi connectivity index (χ0v) is 10.6. The van der Waals surface area contributed by atoms with Crippen LogP contribution in [0.4, 0.5) is 13.2 Å². The van der Waals surface area contributed by atoms with Crippen molar-refractivity contribution in [2.75, 3.05) is 0 Å². The van der Waals surface area contributed by atoms with Gasteiger partial charge >= 0.3 is 6.18 Å². The van der Waals surface area contributed by atoms with Crippen LogP contribution in [0.3, 0.4) is 0 Å². The van der Waals surface area contributed by atoms with Crippen LogP contribution in [0.5, 0.6) is 5.75 Å². The Hall–Kier alpha value is -1.46. The summed E-state index contributed by atoms with van der Waals surface area (Å²) >= 11 is 0. The monoisotopic (exact) mass is 291 g/mol. The van der Waals surface area contributed by atoms with E-state index in [2.05, 4.69) is 0 Å². The van der Waals surface area contributed by atoms with Gasteiger partial charge in [-0.3, -0.25) is 0 Å². The van der Waals surface area contributed by atoms with E-state index in [1.165, 1.54) is 6.07 Å². The molecule has 104 valence electrons. The van der Waals surface area contributed by atoms with Crippen molar-refractivity contribution < 1.29 is 18.3 Å². The number of alkyl halides is 3. The lowest BCUT2D eigenvalue weighted by Crippen LogP contribution is -2.20. The number of nitrogens with two attached hydrogens (primary N) is 1. The van der Waals surface area contributed by atoms with Crippen molar-refractivity contribution in [3.63, 3.8) is 0 Å². The Balaban J connectivity index is 0.00000180. The second-order valence-electron chi connectivity index (χ2n) is 4.15. The molecule has 0 aliphatic rings. The number of fused-ring (bicyclic) bond motifs is 1. The number of halogens is 4. The summed E-state index contributed by atoms with van der Waals surface area (Å²) in [6.07, 6.45) is -5.52. The van der Waals surface area contributed by atoms with Crippen LogP contribution in [-0.2, 0) is 0 Å². The molecule has 6 heteroatoms. The fraction of sp³-hybridized carbons (Fsp3) is 0.231. The molecular weight excluding hydrogens is 279 g/mol. The second-order valence-corrected chi connectivity index (χ2v) is 4.15. The second kappa shape index (κ2) is 5.67. The molecular formula is C13H13ClF3NO. The molecule has 2 rings (SSSR count). The standard InChI is InChI=1S/C13H12F3NO.ClH/c14-13(15,16)7-10(17)12-9-4-2-1-3-8(9)5-6-11(12)18;/h1-6,10,18H,7,17H2;1H/t10-;/m0./s1. The van der Waals surface area contributed by atoms with Crippen LogP contribution in [0.1, 0.15) is 18.0 Å². The average Bonchev–Trinajstić information content (AvgIpc) is 2.26. The molecule has 2 aromatic rings. The predicted octanol–water partition coefficient (Wildman–Crippen LogP) is 3.92. The number of rotatable bonds is 2. The molecule has 1 atom stereocenters. The average molecular weight is 292 g/mol. The first kappa shape index (κ1) is 15.6. The topological polar surface area (TPSA) is 46.2 Å². The van der Waals surface area contributed by atoms with Gasteiger partial charge in [-0.1, -0.05) is 30.3 Å². The number of phenolic OH excluding ortho intramolecular Hbond substituents is 1. The minimum absolute atomic E-state index is 0. The zero-order chi connectivity index (χ0) is 13.3. The number of phenols is 1. The number of hydrogen-bond donors (Lipinski definition) is 2. The summed E-state index contributed by atoms with van der Waals surface area (Å²) in [6, 6.07) is 8.64. The molecule has 0 saturated heterocycles. The molecule has 3 N–H and O–H groups in total. The van der Waals surface area contributed by atoms with E-state index in [0.29, 0.717) is 5.39 Å². The Kier molecular flexibility index (Phi) is 4.66. The smallest absolute Gasteiger partial charge is 0.390 e. The maximum Gasteiger partial charge on any atom is 0.390 e. The van der Waals surface area contributed by atoms with Crippen LogP contribution >= 0.6 is 12.4 Å². The third kappa shape index (κ3) is 3.52. The van der Waals surface area contributed by atoms with Gasteiger partial charge in [0.25, 0.3) is 0 Å². The fourth-order valence-corrected chi connectivity index (χ4v) is 2.03. The molecule has 19 heavy (non-hydrogen) atoms. The minimum Gasteiger partial charge on any atom is -0.508 e. The molecule has 0 saturated carbocycles. The van der Waals surface area contributed by atoms with Crippen LogP contribution in [0.25, 0.3) is 10.8 Å². The van der Waals surface area contributed by atoms with Gasteiger partial charge in [0.15, 0.2) is 0 Å². The molecule has 0 aromatic heterocycles. The Bertz CT molecular complexity index is 571. The van der Waals surface area contributed by atoms with Gasteiger partial charge in [0, 0.05) is 11.6 Å². The van der Waals surface area contributed by atoms with Crippen LogP contribution < -0.4 is 5.73 Å². The number of aromatic hydroxyl groups is 1. The lowest BCUT2D eigenvalue weighted by Gasteiger charge is -2.17. The van der Waals surface area contributed by atoms with Gasteiger partial charge in [0.1, 0.15) is 5.75 Å². The summed E-state index contributed by atoms with van der Waals surface area (Å²) in [6.45, 7) is 0. The highest BCUT2D eigenvalue weighted by Gasteiger charge is 2.32. The van der Waals surface area contributed by atoms with E-state index in [1.807, 2.05) is 0 Å². The van der Waals surface area contributed by atoms with E-state index >= 15 is 0 Å². The summed E-state index contributed by atoms with van der Waals surface area (Å²) in [5.74, 6) is -0.203. The largest absolute Gasteiger partial charge is 0.508 e. The third-order valence-corrected chi connectivity index (χ3v) is 2.77. The van der Waals surface area contributed by atoms with Crippen molar-refractivity contribution in [1.82, 2.24) is 0 Å². The normalized spacial score (nSPS) is 13.1. The van der Waals surface area contributed by atoms with E-state index in [9.17, 15) is 18.3 Å². The van der Waals surface area contributed by atoms with Gasteiger partial charge < -0.3 is 10.8 Å². The van der Waals surface area contributed by atoms with Gasteiger partial charge in [-0.15, -0.1) is 12.4 Å². The van der Waals surface area contributed by atoms with Crippen molar-refractivity contribution in [2.24, 2.45) is 5.73 Å². The SMILES string of the molecule is Cl.N[C@@H](CC(F)(F)F)c1c(O)ccc2ccccc12. The highest BCUT2D eigenvalue weighted by atomic mass is 35.5. The molecule has 0 aliphatic carbocycles. The lowest BCUT2D eigenvalue weighted by molar-refractivity contribution is -0.138. The Labute approximate surface area is 114 Å². The molecule has 0 heterocycles. The number of hydrogen-bond acceptors (Lipinski definition) is 2. The number of benzene rings is 2. The van der Waals surface area contributed by atoms with Gasteiger partial charge in [0.05, 0.1) is 6.42 Å². The van der Waals surface area contributed by atoms with Crippen molar-refractivity contribution in [3.8, 4) is 5.75 Å². The van der Waals surface area contributed by atoms with Crippen molar-refractivity contribution in [3.05, 3.63) is 42.0 Å². The van der Waals surface area contributed by atoms with Gasteiger partial charge in [-0.05, 0) is 16.8 Å². The first-order chi connectivity index (χ1) is 8.38. The molecule has 0 bridgehead atoms. The maximum atomic E-state index is 12.4. The van der Waals surface area contributed by atoms with Crippen LogP contribution in [-0.4, -0.2) is 11.3 Å². The Morgan fingerprint density at radius 2 is 1.74 bits per heavy atom. The van der Waals surface area contributed by atoms with Crippen LogP contribution in [0.15, 0.2) is 36.4 Å². The van der Waals surface area contributed by atoms with Gasteiger partial charge in [0.2, 0.25) is 0 Å². The fourth-order valence-electron chi connectivity index (χ4n) is 2.03. The molecule has 2 aromatic carbocycles. The molecule has 0 unspecified atom stereocenters. The molecule has 0 radical (unpaired) electrons. The lowest BCUT2D eigenvalue weighted by atomic mass is 9.96. The van der Waals surface area contributed by atoms with Gasteiger partial charge in [-0.25, -0.2) is 0 Å². The quantitative estimate of drug-likeness (QED) is 0.881. The predicted molar refractivity (Wildman–Crippen MR) is 70.5 cm³/mol. The summed E-state index contributed by atoms with van der Waals surface area (Å²) < 4.78 is 37.1. The summed E-state index contributed by atoms with van der Waals surface area (Å²) in [5.41, 5.74) is 5.71. The first-order valence-corrected chi connectivity index (χ1v) is 5.41. The van der Waals surface area contributed by atoms with Crippen molar-refractivity contribution in [1.29, 1.82) is 0 Å². The Morgan fingerprint density at radius 1 is 1.11 bits per heavy atom. The van der Waals surface area contributed by atoms with Crippen molar-refractivity contribution >= 4 is 23.2 Å². The molecule has 0 spiro atoms. The highest BCUT2D eigenvalue weighted by molar-refractivity contribution is 5.88. The zero-order valence-electron chi connectivity index (χ0n) is 9.82. The summed E-state index contributed by atoms with van der Waals surface area (Å²) in [4.78, 5) is 0. The third-order valence-electron chi connectivity index (χ3n) is 2.77. The van der Waals surface area contributed by atoms with Gasteiger partial charge in [-0.2, -0.15) is 13.2 Å². The van der Waals surface area contributed by atoms with Crippen LogP contribution in [0, 0.1) is 0 Å². The summed E-state index contributed by atoms with van der Waals surface area (Å²) in [5, 5.41) is 11.0. The molecule has 2 nitrogen and oxygen atoms in total. The molecule has 0 amide bonds. The Morgan fingerprint density at radius 3 is 2.37 bits per heavy atom.